The van der Waals surface area contributed by atoms with Gasteiger partial charge >= 0.3 is 0 Å². The Hall–Kier alpha value is -1.39. The number of imidazole rings is 1. The second-order valence-corrected chi connectivity index (χ2v) is 3.83. The number of nitrogens with zero attached hydrogens (tertiary/aromatic N) is 2. The Morgan fingerprint density at radius 3 is 3.12 bits per heavy atom. The highest BCUT2D eigenvalue weighted by Gasteiger charge is 2.01. The molecule has 0 aliphatic carbocycles. The maximum atomic E-state index is 5.59. The van der Waals surface area contributed by atoms with Gasteiger partial charge in [-0.25, -0.2) is 4.98 Å². The van der Waals surface area contributed by atoms with Gasteiger partial charge in [-0.15, -0.1) is 0 Å². The Bertz CT molecular complexity index is 464. The summed E-state index contributed by atoms with van der Waals surface area (Å²) < 4.78 is 7.05. The fraction of sp³-hybridized carbons (Fsp3) is 0.417. The van der Waals surface area contributed by atoms with Crippen molar-refractivity contribution in [3.63, 3.8) is 0 Å². The lowest BCUT2D eigenvalue weighted by Crippen LogP contribution is -1.96. The van der Waals surface area contributed by atoms with Gasteiger partial charge in [-0.3, -0.25) is 0 Å². The van der Waals surface area contributed by atoms with Crippen molar-refractivity contribution in [2.24, 2.45) is 5.73 Å². The van der Waals surface area contributed by atoms with Crippen LogP contribution in [-0.4, -0.2) is 23.1 Å². The van der Waals surface area contributed by atoms with Crippen LogP contribution in [0.2, 0.25) is 0 Å². The monoisotopic (exact) mass is 219 g/mol. The van der Waals surface area contributed by atoms with Crippen molar-refractivity contribution in [3.05, 3.63) is 35.8 Å². The number of methoxy groups -OCH3 is 1. The lowest BCUT2D eigenvalue weighted by atomic mass is 10.3. The van der Waals surface area contributed by atoms with Crippen molar-refractivity contribution >= 4 is 5.65 Å². The highest BCUT2D eigenvalue weighted by Crippen LogP contribution is 2.09. The fourth-order valence-corrected chi connectivity index (χ4v) is 1.72. The summed E-state index contributed by atoms with van der Waals surface area (Å²) in [6.07, 6.45) is 6.02. The van der Waals surface area contributed by atoms with E-state index in [-0.39, 0.29) is 0 Å². The Kier molecular flexibility index (Phi) is 3.54. The maximum absolute atomic E-state index is 5.59. The molecule has 2 heterocycles. The standard InChI is InChI=1S/C12H17N3O/c1-16-6-2-3-11-9-15-5-4-10(8-13)7-12(15)14-11/h4-5,7,9H,2-3,6,8,13H2,1H3. The molecular formula is C12H17N3O. The van der Waals surface area contributed by atoms with Gasteiger partial charge in [0.05, 0.1) is 5.69 Å². The van der Waals surface area contributed by atoms with E-state index >= 15 is 0 Å². The van der Waals surface area contributed by atoms with Gasteiger partial charge in [0.2, 0.25) is 0 Å². The predicted octanol–water partition coefficient (Wildman–Crippen LogP) is 1.37. The first-order valence-electron chi connectivity index (χ1n) is 5.49. The van der Waals surface area contributed by atoms with Crippen molar-refractivity contribution in [1.82, 2.24) is 9.38 Å². The number of aryl methyl sites for hydroxylation is 1. The zero-order valence-electron chi connectivity index (χ0n) is 9.52. The molecule has 86 valence electrons. The minimum Gasteiger partial charge on any atom is -0.385 e. The topological polar surface area (TPSA) is 52.5 Å². The maximum Gasteiger partial charge on any atom is 0.137 e. The van der Waals surface area contributed by atoms with E-state index in [9.17, 15) is 0 Å². The molecule has 4 heteroatoms. The summed E-state index contributed by atoms with van der Waals surface area (Å²) in [7, 11) is 1.72. The highest BCUT2D eigenvalue weighted by molar-refractivity contribution is 5.42. The molecular weight excluding hydrogens is 202 g/mol. The van der Waals surface area contributed by atoms with Gasteiger partial charge in [-0.1, -0.05) is 0 Å². The number of nitrogens with two attached hydrogens (primary N) is 1. The largest absolute Gasteiger partial charge is 0.385 e. The summed E-state index contributed by atoms with van der Waals surface area (Å²) in [4.78, 5) is 4.54. The molecule has 0 aromatic carbocycles. The number of hydrogen-bond donors (Lipinski definition) is 1. The van der Waals surface area contributed by atoms with E-state index in [1.165, 1.54) is 0 Å². The molecule has 2 aromatic rings. The fourth-order valence-electron chi connectivity index (χ4n) is 1.72. The summed E-state index contributed by atoms with van der Waals surface area (Å²) in [5.74, 6) is 0. The van der Waals surface area contributed by atoms with Crippen LogP contribution in [0.1, 0.15) is 17.7 Å². The molecule has 0 aliphatic heterocycles. The van der Waals surface area contributed by atoms with E-state index in [0.717, 1.165) is 36.4 Å². The van der Waals surface area contributed by atoms with Gasteiger partial charge in [0.1, 0.15) is 5.65 Å². The smallest absolute Gasteiger partial charge is 0.137 e. The van der Waals surface area contributed by atoms with Crippen molar-refractivity contribution in [2.75, 3.05) is 13.7 Å². The first-order valence-corrected chi connectivity index (χ1v) is 5.49. The zero-order chi connectivity index (χ0) is 11.4. The molecule has 2 N–H and O–H groups in total. The van der Waals surface area contributed by atoms with Crippen LogP contribution >= 0.6 is 0 Å². The van der Waals surface area contributed by atoms with Gasteiger partial charge in [-0.2, -0.15) is 0 Å². The van der Waals surface area contributed by atoms with E-state index in [2.05, 4.69) is 11.2 Å². The van der Waals surface area contributed by atoms with Crippen molar-refractivity contribution in [3.8, 4) is 0 Å². The number of rotatable bonds is 5. The average Bonchev–Trinajstić information content (AvgIpc) is 2.70. The molecule has 16 heavy (non-hydrogen) atoms. The first kappa shape index (κ1) is 11.1. The normalized spacial score (nSPS) is 11.1. The third-order valence-corrected chi connectivity index (χ3v) is 2.59. The highest BCUT2D eigenvalue weighted by atomic mass is 16.5. The van der Waals surface area contributed by atoms with Gasteiger partial charge in [-0.05, 0) is 30.5 Å². The van der Waals surface area contributed by atoms with Gasteiger partial charge < -0.3 is 14.9 Å². The molecule has 0 unspecified atom stereocenters. The molecule has 0 amide bonds. The van der Waals surface area contributed by atoms with E-state index in [1.54, 1.807) is 7.11 Å². The van der Waals surface area contributed by atoms with Crippen molar-refractivity contribution in [1.29, 1.82) is 0 Å². The summed E-state index contributed by atoms with van der Waals surface area (Å²) in [6, 6.07) is 4.05. The SMILES string of the molecule is COCCCc1cn2ccc(CN)cc2n1. The minimum absolute atomic E-state index is 0.558. The van der Waals surface area contributed by atoms with E-state index in [0.29, 0.717) is 6.54 Å². The lowest BCUT2D eigenvalue weighted by Gasteiger charge is -1.96. The molecule has 0 atom stereocenters. The minimum atomic E-state index is 0.558. The quantitative estimate of drug-likeness (QED) is 0.773. The predicted molar refractivity (Wildman–Crippen MR) is 63.3 cm³/mol. The third-order valence-electron chi connectivity index (χ3n) is 2.59. The van der Waals surface area contributed by atoms with Crippen LogP contribution < -0.4 is 5.73 Å². The second kappa shape index (κ2) is 5.09. The summed E-state index contributed by atoms with van der Waals surface area (Å²) in [5, 5.41) is 0. The van der Waals surface area contributed by atoms with Gasteiger partial charge in [0.15, 0.2) is 0 Å². The summed E-state index contributed by atoms with van der Waals surface area (Å²) >= 11 is 0. The van der Waals surface area contributed by atoms with E-state index in [4.69, 9.17) is 10.5 Å². The summed E-state index contributed by atoms with van der Waals surface area (Å²) in [5.41, 5.74) is 8.78. The molecule has 4 nitrogen and oxygen atoms in total. The molecule has 0 saturated heterocycles. The number of fused-ring (bicyclic) bond motifs is 1. The summed E-state index contributed by atoms with van der Waals surface area (Å²) in [6.45, 7) is 1.34. The molecule has 0 bridgehead atoms. The van der Waals surface area contributed by atoms with Crippen LogP contribution in [-0.2, 0) is 17.7 Å². The Labute approximate surface area is 95.0 Å². The van der Waals surface area contributed by atoms with E-state index in [1.807, 2.05) is 22.7 Å². The van der Waals surface area contributed by atoms with E-state index < -0.39 is 0 Å². The zero-order valence-corrected chi connectivity index (χ0v) is 9.52. The van der Waals surface area contributed by atoms with Crippen molar-refractivity contribution in [2.45, 2.75) is 19.4 Å². The van der Waals surface area contributed by atoms with Crippen LogP contribution in [0.15, 0.2) is 24.5 Å². The van der Waals surface area contributed by atoms with Crippen LogP contribution in [0, 0.1) is 0 Å². The Morgan fingerprint density at radius 1 is 1.50 bits per heavy atom. The number of ether oxygens (including phenoxy) is 1. The Morgan fingerprint density at radius 2 is 2.38 bits per heavy atom. The molecule has 2 rings (SSSR count). The molecule has 0 fully saturated rings. The van der Waals surface area contributed by atoms with Crippen molar-refractivity contribution < 1.29 is 4.74 Å². The second-order valence-electron chi connectivity index (χ2n) is 3.83. The number of aromatic nitrogens is 2. The number of hydrogen-bond acceptors (Lipinski definition) is 3. The van der Waals surface area contributed by atoms with Gasteiger partial charge in [0, 0.05) is 32.7 Å². The molecule has 0 saturated carbocycles. The van der Waals surface area contributed by atoms with Crippen LogP contribution in [0.25, 0.3) is 5.65 Å². The molecule has 0 aliphatic rings. The number of pyridine rings is 1. The van der Waals surface area contributed by atoms with Crippen LogP contribution in [0.3, 0.4) is 0 Å². The van der Waals surface area contributed by atoms with Crippen LogP contribution in [0.4, 0.5) is 0 Å². The third kappa shape index (κ3) is 2.40. The molecule has 2 aromatic heterocycles. The van der Waals surface area contributed by atoms with Gasteiger partial charge in [0.25, 0.3) is 0 Å². The lowest BCUT2D eigenvalue weighted by molar-refractivity contribution is 0.195. The first-order chi connectivity index (χ1) is 7.83. The Balaban J connectivity index is 2.16. The van der Waals surface area contributed by atoms with Crippen LogP contribution in [0.5, 0.6) is 0 Å². The molecule has 0 radical (unpaired) electrons. The molecule has 0 spiro atoms. The average molecular weight is 219 g/mol.